The third kappa shape index (κ3) is 6.92. The fourth-order valence-electron chi connectivity index (χ4n) is 5.24. The summed E-state index contributed by atoms with van der Waals surface area (Å²) in [6.07, 6.45) is 7.60. The number of benzene rings is 1. The summed E-state index contributed by atoms with van der Waals surface area (Å²) < 4.78 is 2.09. The number of hydrogen-bond donors (Lipinski definition) is 0. The molecule has 0 bridgehead atoms. The molecule has 8 heteroatoms. The molecule has 1 aromatic carbocycles. The minimum Gasteiger partial charge on any atom is -0.330 e. The number of rotatable bonds is 9. The van der Waals surface area contributed by atoms with Crippen LogP contribution in [0, 0.1) is 12.6 Å². The average molecular weight is 565 g/mol. The van der Waals surface area contributed by atoms with Crippen molar-refractivity contribution in [3.8, 4) is 0 Å². The van der Waals surface area contributed by atoms with Crippen molar-refractivity contribution in [3.63, 3.8) is 0 Å². The summed E-state index contributed by atoms with van der Waals surface area (Å²) in [7, 11) is 6.10. The van der Waals surface area contributed by atoms with E-state index in [1.807, 2.05) is 4.90 Å². The zero-order valence-electron chi connectivity index (χ0n) is 25.6. The second kappa shape index (κ2) is 14.8. The van der Waals surface area contributed by atoms with Crippen molar-refractivity contribution in [3.05, 3.63) is 103 Å². The van der Waals surface area contributed by atoms with E-state index < -0.39 is 0 Å². The molecule has 0 aliphatic carbocycles. The molecule has 1 fully saturated rings. The molecule has 4 rings (SSSR count). The molecule has 42 heavy (non-hydrogen) atoms. The molecule has 7 nitrogen and oxygen atoms in total. The predicted molar refractivity (Wildman–Crippen MR) is 174 cm³/mol. The lowest BCUT2D eigenvalue weighted by molar-refractivity contribution is -0.487. The predicted octanol–water partition coefficient (Wildman–Crippen LogP) is 7.33. The van der Waals surface area contributed by atoms with Gasteiger partial charge in [0.1, 0.15) is 25.0 Å². The highest BCUT2D eigenvalue weighted by Gasteiger charge is 2.50. The summed E-state index contributed by atoms with van der Waals surface area (Å²) in [6, 6.07) is 9.73. The highest BCUT2D eigenvalue weighted by atomic mass is 16.2. The van der Waals surface area contributed by atoms with Gasteiger partial charge < -0.3 is 4.90 Å². The number of carbonyl (C=O) groups is 2. The van der Waals surface area contributed by atoms with E-state index in [0.29, 0.717) is 35.6 Å². The van der Waals surface area contributed by atoms with Gasteiger partial charge in [0.15, 0.2) is 5.78 Å². The largest absolute Gasteiger partial charge is 0.330 e. The van der Waals surface area contributed by atoms with Gasteiger partial charge in [-0.05, 0) is 48.0 Å². The van der Waals surface area contributed by atoms with Crippen molar-refractivity contribution in [2.24, 2.45) is 15.1 Å². The molecule has 3 aliphatic rings. The lowest BCUT2D eigenvalue weighted by Crippen LogP contribution is -2.52. The Bertz CT molecular complexity index is 1400. The lowest BCUT2D eigenvalue weighted by atomic mass is 9.83. The molecule has 3 aliphatic heterocycles. The van der Waals surface area contributed by atoms with Crippen LogP contribution < -0.4 is 0 Å². The summed E-state index contributed by atoms with van der Waals surface area (Å²) >= 11 is 0. The first-order valence-electron chi connectivity index (χ1n) is 14.5. The molecule has 0 unspecified atom stereocenters. The summed E-state index contributed by atoms with van der Waals surface area (Å²) in [4.78, 5) is 34.3. The number of piperidine rings is 1. The van der Waals surface area contributed by atoms with Crippen LogP contribution in [0.25, 0.3) is 0 Å². The van der Waals surface area contributed by atoms with Crippen LogP contribution in [0.2, 0.25) is 0 Å². The van der Waals surface area contributed by atoms with Crippen LogP contribution in [0.5, 0.6) is 0 Å². The molecule has 1 saturated heterocycles. The molecule has 1 amide bonds. The minimum absolute atomic E-state index is 0. The van der Waals surface area contributed by atoms with Gasteiger partial charge in [-0.1, -0.05) is 82.2 Å². The molecule has 3 heterocycles. The maximum atomic E-state index is 14.0. The van der Waals surface area contributed by atoms with E-state index in [9.17, 15) is 9.59 Å². The number of hydrogen-bond acceptors (Lipinski definition) is 5. The zero-order chi connectivity index (χ0) is 31.0. The van der Waals surface area contributed by atoms with Crippen LogP contribution in [-0.4, -0.2) is 53.1 Å². The zero-order valence-corrected chi connectivity index (χ0v) is 25.6. The number of dihydropyridines is 1. The van der Waals surface area contributed by atoms with E-state index >= 15 is 0 Å². The van der Waals surface area contributed by atoms with Crippen LogP contribution in [-0.2, 0) is 9.59 Å². The standard InChI is InChI=1S/C30H35BN5O.C4H6O.H2/c1-7-11-24-27-25(9-3)35(30(37)29-28(32-10-4)22(8-2)23(31)18-33-29)17-16-26(27)36(34-24)21-14-12-20(13-15-21)19(5)6;1-3-4(2)5;/h8,10,12-15,18-19,25H,2,4,7,9,11,16-17H2,1,3,5-6H3;3H,1H2,2H3;1H/q+1;;/t25-;;/m0../s1. The van der Waals surface area contributed by atoms with Gasteiger partial charge in [0.05, 0.1) is 18.2 Å². The van der Waals surface area contributed by atoms with E-state index in [4.69, 9.17) is 13.0 Å². The van der Waals surface area contributed by atoms with Crippen molar-refractivity contribution in [1.29, 1.82) is 0 Å². The van der Waals surface area contributed by atoms with Crippen molar-refractivity contribution in [2.45, 2.75) is 72.3 Å². The summed E-state index contributed by atoms with van der Waals surface area (Å²) in [5, 5.41) is 5.08. The second-order valence-electron chi connectivity index (χ2n) is 10.5. The molecule has 0 N–H and O–H groups in total. The second-order valence-corrected chi connectivity index (χ2v) is 10.5. The Labute approximate surface area is 253 Å². The Balaban J connectivity index is 0.000000993. The van der Waals surface area contributed by atoms with Crippen molar-refractivity contribution >= 4 is 36.6 Å². The number of allylic oxidation sites excluding steroid dienone is 4. The third-order valence-corrected chi connectivity index (χ3v) is 7.37. The quantitative estimate of drug-likeness (QED) is 0.179. The monoisotopic (exact) mass is 564 g/mol. The molecule has 4 radical (unpaired) electrons. The number of amides is 1. The van der Waals surface area contributed by atoms with Crippen LogP contribution in [0.4, 0.5) is 5.69 Å². The van der Waals surface area contributed by atoms with E-state index in [2.05, 4.69) is 86.4 Å². The van der Waals surface area contributed by atoms with Gasteiger partial charge in [-0.2, -0.15) is 0 Å². The maximum Gasteiger partial charge on any atom is 0.291 e. The average Bonchev–Trinajstić information content (AvgIpc) is 3.35. The molecule has 0 aromatic heterocycles. The number of ketones is 1. The molecule has 0 saturated carbocycles. The summed E-state index contributed by atoms with van der Waals surface area (Å²) in [5.41, 5.74) is 6.27. The number of fused-ring (bicyclic) bond motifs is 1. The highest BCUT2D eigenvalue weighted by Crippen LogP contribution is 2.44. The van der Waals surface area contributed by atoms with Gasteiger partial charge in [0, 0.05) is 32.7 Å². The first-order chi connectivity index (χ1) is 20.1. The lowest BCUT2D eigenvalue weighted by Gasteiger charge is -2.37. The van der Waals surface area contributed by atoms with E-state index in [-0.39, 0.29) is 24.9 Å². The fourth-order valence-corrected chi connectivity index (χ4v) is 5.24. The van der Waals surface area contributed by atoms with Gasteiger partial charge in [-0.3, -0.25) is 19.6 Å². The first-order valence-corrected chi connectivity index (χ1v) is 14.5. The molecule has 1 aromatic rings. The number of nitrogens with zero attached hydrogens (tertiary/aromatic N) is 5. The fraction of sp³-hybridized carbons (Fsp3) is 0.353. The molecular formula is C34H43BN5O2+. The van der Waals surface area contributed by atoms with Crippen LogP contribution in [0.15, 0.2) is 99.8 Å². The molecular weight excluding hydrogens is 521 g/mol. The molecule has 1 atom stereocenters. The minimum atomic E-state index is -0.169. The summed E-state index contributed by atoms with van der Waals surface area (Å²) in [6.45, 7) is 23.0. The number of aliphatic imine (C=N–C) groups is 2. The van der Waals surface area contributed by atoms with E-state index in [1.54, 1.807) is 6.08 Å². The molecule has 218 valence electrons. The van der Waals surface area contributed by atoms with Gasteiger partial charge in [0.25, 0.3) is 11.9 Å². The molecule has 0 spiro atoms. The van der Waals surface area contributed by atoms with Crippen LogP contribution in [0.1, 0.15) is 73.2 Å². The maximum absolute atomic E-state index is 14.0. The van der Waals surface area contributed by atoms with Crippen molar-refractivity contribution in [2.75, 3.05) is 6.54 Å². The normalized spacial score (nSPS) is 19.6. The van der Waals surface area contributed by atoms with Gasteiger partial charge in [-0.25, -0.2) is 0 Å². The Hall–Kier alpha value is -3.94. The van der Waals surface area contributed by atoms with Crippen molar-refractivity contribution < 1.29 is 15.7 Å². The van der Waals surface area contributed by atoms with Gasteiger partial charge >= 0.3 is 0 Å². The third-order valence-electron chi connectivity index (χ3n) is 7.37. The van der Waals surface area contributed by atoms with E-state index in [1.165, 1.54) is 42.9 Å². The first kappa shape index (κ1) is 32.6. The summed E-state index contributed by atoms with van der Waals surface area (Å²) in [5.74, 6) is 0.323. The Morgan fingerprint density at radius 1 is 1.21 bits per heavy atom. The topological polar surface area (TPSA) is 77.5 Å². The van der Waals surface area contributed by atoms with Gasteiger partial charge in [-0.15, -0.1) is 0 Å². The smallest absolute Gasteiger partial charge is 0.291 e. The van der Waals surface area contributed by atoms with E-state index in [0.717, 1.165) is 30.6 Å². The van der Waals surface area contributed by atoms with Crippen LogP contribution >= 0.6 is 0 Å². The Morgan fingerprint density at radius 2 is 1.88 bits per heavy atom. The van der Waals surface area contributed by atoms with Crippen LogP contribution in [0.3, 0.4) is 0 Å². The van der Waals surface area contributed by atoms with Gasteiger partial charge in [0.2, 0.25) is 5.69 Å². The highest BCUT2D eigenvalue weighted by molar-refractivity contribution is 6.71. The SMILES string of the molecule is C=CC(C)=O.[B]C1=C(C=C)C(=NC=C)C(C(=O)N2CC[C]3C(=C(CCC)N=[N+]3c3ccc(C(C)C)cc3)[C@@H]2CC)=N[CH]1.[HH]. The Morgan fingerprint density at radius 3 is 2.40 bits per heavy atom. The van der Waals surface area contributed by atoms with Crippen molar-refractivity contribution in [1.82, 2.24) is 4.90 Å². The number of likely N-dealkylation sites (tertiary alicyclic amines) is 1. The number of carbonyl (C=O) groups excluding carboxylic acids is 2. The Kier molecular flexibility index (Phi) is 11.5. The number of azo groups is 2.